The van der Waals surface area contributed by atoms with E-state index < -0.39 is 16.0 Å². The van der Waals surface area contributed by atoms with Crippen LogP contribution in [0.2, 0.25) is 0 Å². The van der Waals surface area contributed by atoms with Gasteiger partial charge in [-0.25, -0.2) is 18.2 Å². The van der Waals surface area contributed by atoms with Crippen LogP contribution in [-0.4, -0.2) is 26.5 Å². The summed E-state index contributed by atoms with van der Waals surface area (Å²) in [7, 11) is -2.63. The molecule has 0 amide bonds. The number of pyridine rings is 1. The summed E-state index contributed by atoms with van der Waals surface area (Å²) in [6.45, 7) is 3.64. The second-order valence-electron chi connectivity index (χ2n) is 8.54. The van der Waals surface area contributed by atoms with Crippen LogP contribution in [0.15, 0.2) is 82.2 Å². The number of para-hydroxylation sites is 1. The Labute approximate surface area is 214 Å². The maximum atomic E-state index is 13.3. The molecule has 0 fully saturated rings. The first-order valence-corrected chi connectivity index (χ1v) is 12.9. The zero-order valence-corrected chi connectivity index (χ0v) is 21.1. The van der Waals surface area contributed by atoms with E-state index >= 15 is 0 Å². The molecule has 0 radical (unpaired) electrons. The second-order valence-corrected chi connectivity index (χ2v) is 10.2. The number of nitrogens with one attached hydrogen (secondary N) is 1. The largest absolute Gasteiger partial charge is 0.464 e. The molecule has 0 unspecified atom stereocenters. The van der Waals surface area contributed by atoms with Gasteiger partial charge in [-0.3, -0.25) is 4.72 Å². The maximum absolute atomic E-state index is 13.3. The van der Waals surface area contributed by atoms with Crippen molar-refractivity contribution < 1.29 is 22.4 Å². The van der Waals surface area contributed by atoms with Crippen LogP contribution in [0.4, 0.5) is 5.69 Å². The molecule has 37 heavy (non-hydrogen) atoms. The van der Waals surface area contributed by atoms with Gasteiger partial charge in [-0.05, 0) is 61.4 Å². The minimum absolute atomic E-state index is 0.0803. The number of furan rings is 1. The minimum atomic E-state index is -3.93. The first-order valence-electron chi connectivity index (χ1n) is 11.4. The Morgan fingerprint density at radius 3 is 2.51 bits per heavy atom. The predicted octanol–water partition coefficient (Wildman–Crippen LogP) is 5.59. The van der Waals surface area contributed by atoms with Gasteiger partial charge in [0, 0.05) is 34.2 Å². The Bertz CT molecular complexity index is 1860. The van der Waals surface area contributed by atoms with E-state index in [2.05, 4.69) is 21.5 Å². The van der Waals surface area contributed by atoms with Crippen molar-refractivity contribution in [2.45, 2.75) is 18.7 Å². The highest BCUT2D eigenvalue weighted by Gasteiger charge is 2.18. The summed E-state index contributed by atoms with van der Waals surface area (Å²) >= 11 is 0. The standard InChI is InChI=1S/C29H22N2O5S/c1-18-8-13-25(21(14-18)10-9-20-15-19(2)28(30-17-20)29(32)35-3)31-37(33,34)22-11-12-24-23-6-4-5-7-26(23)36-27(24)16-22/h4-8,11-17,31H,1-3H3. The molecular weight excluding hydrogens is 488 g/mol. The number of fused-ring (bicyclic) bond motifs is 3. The van der Waals surface area contributed by atoms with E-state index in [0.717, 1.165) is 16.3 Å². The molecule has 0 saturated carbocycles. The van der Waals surface area contributed by atoms with Gasteiger partial charge < -0.3 is 9.15 Å². The number of ether oxygens (including phenoxy) is 1. The summed E-state index contributed by atoms with van der Waals surface area (Å²) in [5, 5.41) is 1.77. The molecule has 0 atom stereocenters. The fraction of sp³-hybridized carbons (Fsp3) is 0.103. The van der Waals surface area contributed by atoms with Crippen molar-refractivity contribution in [3.05, 3.63) is 101 Å². The monoisotopic (exact) mass is 510 g/mol. The number of esters is 1. The van der Waals surface area contributed by atoms with Crippen molar-refractivity contribution in [1.82, 2.24) is 4.98 Å². The van der Waals surface area contributed by atoms with Crippen molar-refractivity contribution in [2.75, 3.05) is 11.8 Å². The van der Waals surface area contributed by atoms with E-state index in [4.69, 9.17) is 9.15 Å². The van der Waals surface area contributed by atoms with Crippen molar-refractivity contribution in [1.29, 1.82) is 0 Å². The molecule has 0 aliphatic heterocycles. The van der Waals surface area contributed by atoms with Crippen LogP contribution in [-0.2, 0) is 14.8 Å². The van der Waals surface area contributed by atoms with Crippen LogP contribution < -0.4 is 4.72 Å². The Morgan fingerprint density at radius 1 is 0.946 bits per heavy atom. The van der Waals surface area contributed by atoms with Gasteiger partial charge in [-0.15, -0.1) is 0 Å². The number of aromatic nitrogens is 1. The lowest BCUT2D eigenvalue weighted by atomic mass is 10.1. The summed E-state index contributed by atoms with van der Waals surface area (Å²) in [6.07, 6.45) is 1.48. The average molecular weight is 511 g/mol. The number of sulfonamides is 1. The third kappa shape index (κ3) is 4.77. The van der Waals surface area contributed by atoms with Gasteiger partial charge in [0.05, 0.1) is 17.7 Å². The second kappa shape index (κ2) is 9.45. The van der Waals surface area contributed by atoms with E-state index in [-0.39, 0.29) is 10.6 Å². The van der Waals surface area contributed by atoms with Crippen molar-refractivity contribution >= 4 is 43.6 Å². The molecule has 3 aromatic carbocycles. The fourth-order valence-corrected chi connectivity index (χ4v) is 5.12. The number of hydrogen-bond donors (Lipinski definition) is 1. The molecule has 0 bridgehead atoms. The average Bonchev–Trinajstić information content (AvgIpc) is 3.26. The molecule has 8 heteroatoms. The molecule has 0 spiro atoms. The smallest absolute Gasteiger partial charge is 0.356 e. The minimum Gasteiger partial charge on any atom is -0.464 e. The van der Waals surface area contributed by atoms with Crippen LogP contribution in [0.5, 0.6) is 0 Å². The quantitative estimate of drug-likeness (QED) is 0.250. The normalized spacial score (nSPS) is 11.2. The topological polar surface area (TPSA) is 98.5 Å². The summed E-state index contributed by atoms with van der Waals surface area (Å²) in [5.41, 5.74) is 4.39. The van der Waals surface area contributed by atoms with Gasteiger partial charge in [0.25, 0.3) is 10.0 Å². The number of carbonyl (C=O) groups is 1. The van der Waals surface area contributed by atoms with Crippen LogP contribution in [0.1, 0.15) is 32.7 Å². The van der Waals surface area contributed by atoms with Crippen molar-refractivity contribution in [2.24, 2.45) is 0 Å². The number of carbonyl (C=O) groups excluding carboxylic acids is 1. The molecule has 0 saturated heterocycles. The Kier molecular flexibility index (Phi) is 6.15. The lowest BCUT2D eigenvalue weighted by Gasteiger charge is -2.11. The Balaban J connectivity index is 1.47. The molecule has 5 aromatic rings. The Hall–Kier alpha value is -4.61. The number of methoxy groups -OCH3 is 1. The number of nitrogens with zero attached hydrogens (tertiary/aromatic N) is 1. The SMILES string of the molecule is COC(=O)c1ncc(C#Cc2cc(C)ccc2NS(=O)(=O)c2ccc3c(c2)oc2ccccc23)cc1C. The predicted molar refractivity (Wildman–Crippen MR) is 142 cm³/mol. The highest BCUT2D eigenvalue weighted by molar-refractivity contribution is 7.92. The molecule has 0 aliphatic rings. The summed E-state index contributed by atoms with van der Waals surface area (Å²) in [5.74, 6) is 5.51. The first kappa shape index (κ1) is 24.1. The zero-order valence-electron chi connectivity index (χ0n) is 20.3. The van der Waals surface area contributed by atoms with E-state index in [0.29, 0.717) is 33.5 Å². The van der Waals surface area contributed by atoms with Crippen LogP contribution in [0, 0.1) is 25.7 Å². The van der Waals surface area contributed by atoms with Gasteiger partial charge in [0.15, 0.2) is 5.69 Å². The van der Waals surface area contributed by atoms with Crippen LogP contribution in [0.25, 0.3) is 21.9 Å². The number of hydrogen-bond acceptors (Lipinski definition) is 6. The molecule has 0 aliphatic carbocycles. The molecular formula is C29H22N2O5S. The van der Waals surface area contributed by atoms with E-state index in [9.17, 15) is 13.2 Å². The summed E-state index contributed by atoms with van der Waals surface area (Å²) in [6, 6.07) is 19.4. The highest BCUT2D eigenvalue weighted by Crippen LogP contribution is 2.31. The summed E-state index contributed by atoms with van der Waals surface area (Å²) < 4.78 is 39.8. The third-order valence-corrected chi connectivity index (χ3v) is 7.24. The molecule has 184 valence electrons. The fourth-order valence-electron chi connectivity index (χ4n) is 4.02. The zero-order chi connectivity index (χ0) is 26.2. The van der Waals surface area contributed by atoms with Gasteiger partial charge in [0.2, 0.25) is 0 Å². The van der Waals surface area contributed by atoms with Gasteiger partial charge in [-0.2, -0.15) is 0 Å². The Morgan fingerprint density at radius 2 is 1.73 bits per heavy atom. The molecule has 7 nitrogen and oxygen atoms in total. The van der Waals surface area contributed by atoms with E-state index in [1.807, 2.05) is 37.3 Å². The lowest BCUT2D eigenvalue weighted by molar-refractivity contribution is 0.0593. The number of aryl methyl sites for hydroxylation is 2. The van der Waals surface area contributed by atoms with E-state index in [1.165, 1.54) is 19.4 Å². The third-order valence-electron chi connectivity index (χ3n) is 5.88. The van der Waals surface area contributed by atoms with Crippen LogP contribution in [0.3, 0.4) is 0 Å². The maximum Gasteiger partial charge on any atom is 0.356 e. The van der Waals surface area contributed by atoms with Crippen molar-refractivity contribution in [3.63, 3.8) is 0 Å². The highest BCUT2D eigenvalue weighted by atomic mass is 32.2. The van der Waals surface area contributed by atoms with E-state index in [1.54, 1.807) is 37.3 Å². The molecule has 1 N–H and O–H groups in total. The number of benzene rings is 3. The van der Waals surface area contributed by atoms with Gasteiger partial charge in [0.1, 0.15) is 11.2 Å². The molecule has 2 heterocycles. The van der Waals surface area contributed by atoms with Crippen LogP contribution >= 0.6 is 0 Å². The first-order chi connectivity index (χ1) is 17.7. The molecule has 2 aromatic heterocycles. The van der Waals surface area contributed by atoms with Gasteiger partial charge >= 0.3 is 5.97 Å². The molecule has 5 rings (SSSR count). The number of anilines is 1. The number of rotatable bonds is 4. The summed E-state index contributed by atoms with van der Waals surface area (Å²) in [4.78, 5) is 16.0. The van der Waals surface area contributed by atoms with Gasteiger partial charge in [-0.1, -0.05) is 36.1 Å². The van der Waals surface area contributed by atoms with Crippen molar-refractivity contribution in [3.8, 4) is 11.8 Å². The lowest BCUT2D eigenvalue weighted by Crippen LogP contribution is -2.13.